The number of nitrogens with two attached hydrogens (primary N) is 1. The quantitative estimate of drug-likeness (QED) is 0.713. The third-order valence-electron chi connectivity index (χ3n) is 1.80. The number of halogens is 2. The number of carbonyl (C=O) groups is 2. The molecule has 1 aromatic carbocycles. The highest BCUT2D eigenvalue weighted by Gasteiger charge is 2.06. The van der Waals surface area contributed by atoms with E-state index in [2.05, 4.69) is 5.32 Å². The Morgan fingerprint density at radius 3 is 2.39 bits per heavy atom. The Morgan fingerprint density at radius 2 is 1.89 bits per heavy atom. The topological polar surface area (TPSA) is 84.2 Å². The number of anilines is 1. The zero-order valence-corrected chi connectivity index (χ0v) is 9.97. The van der Waals surface area contributed by atoms with Crippen molar-refractivity contribution >= 4 is 29.4 Å². The molecule has 0 radical (unpaired) electrons. The Bertz CT molecular complexity index is 426. The molecule has 98 valence electrons. The van der Waals surface area contributed by atoms with E-state index in [4.69, 9.17) is 5.73 Å². The molecule has 1 rings (SSSR count). The predicted molar refractivity (Wildman–Crippen MR) is 64.5 cm³/mol. The number of carbonyl (C=O) groups excluding carboxylic acids is 2. The van der Waals surface area contributed by atoms with Crippen molar-refractivity contribution in [2.75, 3.05) is 11.9 Å². The van der Waals surface area contributed by atoms with Gasteiger partial charge in [-0.05, 0) is 24.3 Å². The Labute approximate surface area is 106 Å². The van der Waals surface area contributed by atoms with Gasteiger partial charge in [-0.1, -0.05) is 11.8 Å². The van der Waals surface area contributed by atoms with E-state index in [0.717, 1.165) is 0 Å². The smallest absolute Gasteiger partial charge is 0.318 e. The molecule has 0 aromatic heterocycles. The third kappa shape index (κ3) is 5.48. The average Bonchev–Trinajstić information content (AvgIpc) is 2.26. The first-order chi connectivity index (χ1) is 8.47. The van der Waals surface area contributed by atoms with Gasteiger partial charge < -0.3 is 11.1 Å². The van der Waals surface area contributed by atoms with Gasteiger partial charge in [-0.3, -0.25) is 10.1 Å². The van der Waals surface area contributed by atoms with E-state index in [1.165, 1.54) is 12.1 Å². The number of nitrogens with one attached hydrogen (secondary N) is 2. The van der Waals surface area contributed by atoms with Crippen LogP contribution in [-0.4, -0.2) is 24.2 Å². The molecule has 3 amide bonds. The van der Waals surface area contributed by atoms with E-state index in [-0.39, 0.29) is 6.54 Å². The molecule has 0 aliphatic rings. The van der Waals surface area contributed by atoms with E-state index < -0.39 is 17.7 Å². The zero-order chi connectivity index (χ0) is 13.5. The fourth-order valence-electron chi connectivity index (χ4n) is 1.12. The van der Waals surface area contributed by atoms with E-state index in [9.17, 15) is 18.4 Å². The van der Waals surface area contributed by atoms with E-state index in [1.807, 2.05) is 5.32 Å². The SMILES string of the molecule is NC(=O)NC(=O)CNc1ccc(SC(F)F)cc1. The summed E-state index contributed by atoms with van der Waals surface area (Å²) in [6.45, 7) is -0.135. The van der Waals surface area contributed by atoms with Gasteiger partial charge >= 0.3 is 6.03 Å². The van der Waals surface area contributed by atoms with Crippen LogP contribution in [-0.2, 0) is 4.79 Å². The van der Waals surface area contributed by atoms with Gasteiger partial charge in [-0.2, -0.15) is 8.78 Å². The van der Waals surface area contributed by atoms with Crippen LogP contribution in [0.15, 0.2) is 29.2 Å². The number of thioether (sulfide) groups is 1. The maximum absolute atomic E-state index is 12.0. The van der Waals surface area contributed by atoms with Crippen LogP contribution in [0.25, 0.3) is 0 Å². The minimum Gasteiger partial charge on any atom is -0.376 e. The lowest BCUT2D eigenvalue weighted by Crippen LogP contribution is -2.38. The number of imide groups is 1. The number of hydrogen-bond acceptors (Lipinski definition) is 4. The summed E-state index contributed by atoms with van der Waals surface area (Å²) in [5.41, 5.74) is 5.33. The summed E-state index contributed by atoms with van der Waals surface area (Å²) >= 11 is 0.438. The van der Waals surface area contributed by atoms with E-state index >= 15 is 0 Å². The van der Waals surface area contributed by atoms with Crippen LogP contribution >= 0.6 is 11.8 Å². The molecule has 0 heterocycles. The van der Waals surface area contributed by atoms with Crippen LogP contribution in [0.3, 0.4) is 0 Å². The van der Waals surface area contributed by atoms with Gasteiger partial charge in [0.25, 0.3) is 5.76 Å². The maximum atomic E-state index is 12.0. The number of hydrogen-bond donors (Lipinski definition) is 3. The monoisotopic (exact) mass is 275 g/mol. The van der Waals surface area contributed by atoms with Crippen molar-refractivity contribution in [3.05, 3.63) is 24.3 Å². The zero-order valence-electron chi connectivity index (χ0n) is 9.15. The maximum Gasteiger partial charge on any atom is 0.318 e. The van der Waals surface area contributed by atoms with Crippen molar-refractivity contribution in [1.29, 1.82) is 0 Å². The minimum absolute atomic E-state index is 0.135. The third-order valence-corrected chi connectivity index (χ3v) is 2.52. The molecule has 1 aromatic rings. The van der Waals surface area contributed by atoms with E-state index in [1.54, 1.807) is 12.1 Å². The number of benzene rings is 1. The number of alkyl halides is 2. The van der Waals surface area contributed by atoms with Crippen molar-refractivity contribution in [3.63, 3.8) is 0 Å². The lowest BCUT2D eigenvalue weighted by atomic mass is 10.3. The van der Waals surface area contributed by atoms with Crippen LogP contribution in [0.1, 0.15) is 0 Å². The average molecular weight is 275 g/mol. The van der Waals surface area contributed by atoms with Gasteiger partial charge in [-0.15, -0.1) is 0 Å². The van der Waals surface area contributed by atoms with Gasteiger partial charge in [0.15, 0.2) is 0 Å². The summed E-state index contributed by atoms with van der Waals surface area (Å²) in [4.78, 5) is 21.8. The molecular weight excluding hydrogens is 264 g/mol. The van der Waals surface area contributed by atoms with Crippen LogP contribution in [0, 0.1) is 0 Å². The highest BCUT2D eigenvalue weighted by atomic mass is 32.2. The Morgan fingerprint density at radius 1 is 1.28 bits per heavy atom. The molecule has 4 N–H and O–H groups in total. The molecule has 0 saturated carbocycles. The van der Waals surface area contributed by atoms with Crippen molar-refractivity contribution in [3.8, 4) is 0 Å². The molecule has 0 saturated heterocycles. The Balaban J connectivity index is 2.44. The second-order valence-corrected chi connectivity index (χ2v) is 4.23. The van der Waals surface area contributed by atoms with Crippen molar-refractivity contribution in [2.24, 2.45) is 5.73 Å². The van der Waals surface area contributed by atoms with Crippen LogP contribution < -0.4 is 16.4 Å². The molecule has 18 heavy (non-hydrogen) atoms. The molecular formula is C10H11F2N3O2S. The van der Waals surface area contributed by atoms with Gasteiger partial charge in [0, 0.05) is 10.6 Å². The first-order valence-electron chi connectivity index (χ1n) is 4.85. The lowest BCUT2D eigenvalue weighted by Gasteiger charge is -2.06. The number of primary amides is 1. The van der Waals surface area contributed by atoms with Crippen molar-refractivity contribution in [1.82, 2.24) is 5.32 Å². The lowest BCUT2D eigenvalue weighted by molar-refractivity contribution is -0.118. The standard InChI is InChI=1S/C10H11F2N3O2S/c11-9(12)18-7-3-1-6(2-4-7)14-5-8(16)15-10(13)17/h1-4,9,14H,5H2,(H3,13,15,16,17). The molecule has 0 spiro atoms. The molecule has 5 nitrogen and oxygen atoms in total. The molecule has 0 unspecified atom stereocenters. The Hall–Kier alpha value is -1.83. The molecule has 0 aliphatic heterocycles. The summed E-state index contributed by atoms with van der Waals surface area (Å²) in [5.74, 6) is -3.04. The number of urea groups is 1. The molecule has 0 fully saturated rings. The number of amides is 3. The fourth-order valence-corrected chi connectivity index (χ4v) is 1.62. The predicted octanol–water partition coefficient (Wildman–Crippen LogP) is 1.61. The van der Waals surface area contributed by atoms with Gasteiger partial charge in [0.1, 0.15) is 0 Å². The summed E-state index contributed by atoms with van der Waals surface area (Å²) in [6, 6.07) is 5.20. The summed E-state index contributed by atoms with van der Waals surface area (Å²) in [7, 11) is 0. The summed E-state index contributed by atoms with van der Waals surface area (Å²) < 4.78 is 24.1. The minimum atomic E-state index is -2.47. The fraction of sp³-hybridized carbons (Fsp3) is 0.200. The molecule has 0 aliphatic carbocycles. The van der Waals surface area contributed by atoms with Crippen LogP contribution in [0.5, 0.6) is 0 Å². The van der Waals surface area contributed by atoms with Crippen LogP contribution in [0.2, 0.25) is 0 Å². The summed E-state index contributed by atoms with van der Waals surface area (Å²) in [5, 5.41) is 4.60. The normalized spacial score (nSPS) is 10.2. The highest BCUT2D eigenvalue weighted by molar-refractivity contribution is 7.99. The van der Waals surface area contributed by atoms with Crippen molar-refractivity contribution in [2.45, 2.75) is 10.7 Å². The second-order valence-electron chi connectivity index (χ2n) is 3.17. The Kier molecular flexibility index (Phi) is 5.37. The first kappa shape index (κ1) is 14.2. The molecule has 0 bridgehead atoms. The first-order valence-corrected chi connectivity index (χ1v) is 5.73. The largest absolute Gasteiger partial charge is 0.376 e. The second kappa shape index (κ2) is 6.80. The molecule has 8 heteroatoms. The van der Waals surface area contributed by atoms with Gasteiger partial charge in [0.2, 0.25) is 5.91 Å². The number of rotatable bonds is 5. The van der Waals surface area contributed by atoms with Gasteiger partial charge in [0.05, 0.1) is 6.54 Å². The van der Waals surface area contributed by atoms with Crippen LogP contribution in [0.4, 0.5) is 19.3 Å². The van der Waals surface area contributed by atoms with E-state index in [0.29, 0.717) is 22.3 Å². The summed E-state index contributed by atoms with van der Waals surface area (Å²) in [6.07, 6.45) is 0. The van der Waals surface area contributed by atoms with Crippen molar-refractivity contribution < 1.29 is 18.4 Å². The van der Waals surface area contributed by atoms with Gasteiger partial charge in [-0.25, -0.2) is 4.79 Å². The highest BCUT2D eigenvalue weighted by Crippen LogP contribution is 2.25. The molecule has 0 atom stereocenters.